The molecule has 7 heteroatoms. The van der Waals surface area contributed by atoms with E-state index in [1.54, 1.807) is 16.2 Å². The van der Waals surface area contributed by atoms with E-state index in [1.807, 2.05) is 62.6 Å². The molecule has 0 aliphatic rings. The quantitative estimate of drug-likeness (QED) is 0.521. The number of carbonyl (C=O) groups is 1. The minimum Gasteiger partial charge on any atom is -0.309 e. The highest BCUT2D eigenvalue weighted by molar-refractivity contribution is 9.10. The minimum absolute atomic E-state index is 0. The first-order valence-corrected chi connectivity index (χ1v) is 9.73. The second-order valence-corrected chi connectivity index (χ2v) is 8.01. The van der Waals surface area contributed by atoms with Gasteiger partial charge < -0.3 is 4.90 Å². The summed E-state index contributed by atoms with van der Waals surface area (Å²) in [6.07, 6.45) is 0.894. The topological polar surface area (TPSA) is 36.4 Å². The molecule has 0 aliphatic carbocycles. The van der Waals surface area contributed by atoms with Gasteiger partial charge in [0.2, 0.25) is 0 Å². The number of carbonyl (C=O) groups excluding carboxylic acids is 1. The van der Waals surface area contributed by atoms with Crippen molar-refractivity contribution in [2.45, 2.75) is 6.42 Å². The van der Waals surface area contributed by atoms with Crippen molar-refractivity contribution in [1.82, 2.24) is 9.88 Å². The summed E-state index contributed by atoms with van der Waals surface area (Å²) >= 11 is 4.98. The Morgan fingerprint density at radius 1 is 1.08 bits per heavy atom. The Kier molecular flexibility index (Phi) is 7.58. The van der Waals surface area contributed by atoms with Crippen LogP contribution < -0.4 is 4.90 Å². The number of hydrogen-bond acceptors (Lipinski definition) is 4. The minimum atomic E-state index is -0.00897. The van der Waals surface area contributed by atoms with E-state index in [9.17, 15) is 4.79 Å². The highest BCUT2D eigenvalue weighted by atomic mass is 79.9. The first kappa shape index (κ1) is 20.8. The van der Waals surface area contributed by atoms with Crippen molar-refractivity contribution in [2.24, 2.45) is 0 Å². The van der Waals surface area contributed by atoms with E-state index in [0.29, 0.717) is 12.1 Å². The Hall–Kier alpha value is -1.47. The SMILES string of the molecule is CN(C)CCCN(C(=O)c1ccc(Br)cc1)c1nc2ccccc2s1.Cl. The lowest BCUT2D eigenvalue weighted by Gasteiger charge is -2.21. The Labute approximate surface area is 172 Å². The van der Waals surface area contributed by atoms with Gasteiger partial charge in [0.15, 0.2) is 5.13 Å². The number of benzene rings is 2. The summed E-state index contributed by atoms with van der Waals surface area (Å²) in [4.78, 5) is 21.7. The van der Waals surface area contributed by atoms with Gasteiger partial charge in [-0.05, 0) is 63.5 Å². The van der Waals surface area contributed by atoms with Crippen LogP contribution in [0.3, 0.4) is 0 Å². The normalized spacial score (nSPS) is 10.8. The van der Waals surface area contributed by atoms with Gasteiger partial charge in [-0.3, -0.25) is 9.69 Å². The molecule has 26 heavy (non-hydrogen) atoms. The lowest BCUT2D eigenvalue weighted by Crippen LogP contribution is -2.33. The van der Waals surface area contributed by atoms with Gasteiger partial charge in [0.25, 0.3) is 5.91 Å². The maximum absolute atomic E-state index is 13.1. The van der Waals surface area contributed by atoms with Crippen LogP contribution in [0.15, 0.2) is 53.0 Å². The summed E-state index contributed by atoms with van der Waals surface area (Å²) in [5.74, 6) is -0.00897. The van der Waals surface area contributed by atoms with Crippen LogP contribution >= 0.6 is 39.7 Å². The van der Waals surface area contributed by atoms with Crippen LogP contribution in [0.4, 0.5) is 5.13 Å². The number of amides is 1. The summed E-state index contributed by atoms with van der Waals surface area (Å²) in [5.41, 5.74) is 1.61. The molecule has 3 aromatic rings. The van der Waals surface area contributed by atoms with E-state index >= 15 is 0 Å². The molecule has 1 heterocycles. The third kappa shape index (κ3) is 5.04. The zero-order valence-corrected chi connectivity index (χ0v) is 17.9. The number of thiazole rings is 1. The van der Waals surface area contributed by atoms with Gasteiger partial charge in [0.05, 0.1) is 10.2 Å². The Bertz CT molecular complexity index is 834. The summed E-state index contributed by atoms with van der Waals surface area (Å²) in [6, 6.07) is 15.5. The van der Waals surface area contributed by atoms with Gasteiger partial charge in [0, 0.05) is 16.6 Å². The molecule has 0 atom stereocenters. The Morgan fingerprint density at radius 2 is 1.77 bits per heavy atom. The molecule has 138 valence electrons. The lowest BCUT2D eigenvalue weighted by molar-refractivity contribution is 0.0986. The molecule has 2 aromatic carbocycles. The Morgan fingerprint density at radius 3 is 2.42 bits per heavy atom. The molecule has 0 unspecified atom stereocenters. The number of hydrogen-bond donors (Lipinski definition) is 0. The summed E-state index contributed by atoms with van der Waals surface area (Å²) < 4.78 is 2.06. The average molecular weight is 455 g/mol. The van der Waals surface area contributed by atoms with Crippen LogP contribution in [-0.2, 0) is 0 Å². The summed E-state index contributed by atoms with van der Waals surface area (Å²) in [7, 11) is 4.08. The maximum Gasteiger partial charge on any atom is 0.260 e. The van der Waals surface area contributed by atoms with Crippen LogP contribution in [0, 0.1) is 0 Å². The van der Waals surface area contributed by atoms with Crippen molar-refractivity contribution in [3.8, 4) is 0 Å². The fourth-order valence-electron chi connectivity index (χ4n) is 2.55. The van der Waals surface area contributed by atoms with Gasteiger partial charge in [-0.25, -0.2) is 4.98 Å². The summed E-state index contributed by atoms with van der Waals surface area (Å²) in [6.45, 7) is 1.57. The van der Waals surface area contributed by atoms with E-state index in [1.165, 1.54) is 0 Å². The predicted octanol–water partition coefficient (Wildman–Crippen LogP) is 5.08. The molecule has 0 spiro atoms. The number of nitrogens with zero attached hydrogens (tertiary/aromatic N) is 3. The van der Waals surface area contributed by atoms with Gasteiger partial charge in [-0.1, -0.05) is 39.4 Å². The number of para-hydroxylation sites is 1. The molecule has 0 fully saturated rings. The monoisotopic (exact) mass is 453 g/mol. The van der Waals surface area contributed by atoms with E-state index < -0.39 is 0 Å². The fourth-order valence-corrected chi connectivity index (χ4v) is 3.81. The van der Waals surface area contributed by atoms with Crippen molar-refractivity contribution < 1.29 is 4.79 Å². The fraction of sp³-hybridized carbons (Fsp3) is 0.263. The predicted molar refractivity (Wildman–Crippen MR) is 116 cm³/mol. The van der Waals surface area contributed by atoms with Gasteiger partial charge in [-0.15, -0.1) is 12.4 Å². The van der Waals surface area contributed by atoms with Crippen LogP contribution in [-0.4, -0.2) is 43.0 Å². The molecular weight excluding hydrogens is 434 g/mol. The highest BCUT2D eigenvalue weighted by Gasteiger charge is 2.21. The van der Waals surface area contributed by atoms with E-state index in [0.717, 1.165) is 32.8 Å². The molecule has 1 amide bonds. The number of aromatic nitrogens is 1. The lowest BCUT2D eigenvalue weighted by atomic mass is 10.2. The first-order chi connectivity index (χ1) is 12.0. The van der Waals surface area contributed by atoms with Crippen LogP contribution in [0.2, 0.25) is 0 Å². The second-order valence-electron chi connectivity index (χ2n) is 6.08. The zero-order valence-electron chi connectivity index (χ0n) is 14.7. The Balaban J connectivity index is 0.00000243. The number of rotatable bonds is 6. The molecule has 3 rings (SSSR count). The standard InChI is InChI=1S/C19H20BrN3OS.ClH/c1-22(2)12-5-13-23(18(24)14-8-10-15(20)11-9-14)19-21-16-6-3-4-7-17(16)25-19;/h3-4,6-11H,5,12-13H2,1-2H3;1H. The first-order valence-electron chi connectivity index (χ1n) is 8.12. The molecule has 0 radical (unpaired) electrons. The van der Waals surface area contributed by atoms with Crippen molar-refractivity contribution in [1.29, 1.82) is 0 Å². The van der Waals surface area contributed by atoms with E-state index in [-0.39, 0.29) is 18.3 Å². The molecule has 0 saturated carbocycles. The molecule has 0 saturated heterocycles. The number of anilines is 1. The molecular formula is C19H21BrClN3OS. The molecule has 0 N–H and O–H groups in total. The third-order valence-corrected chi connectivity index (χ3v) is 5.42. The number of fused-ring (bicyclic) bond motifs is 1. The van der Waals surface area contributed by atoms with Crippen molar-refractivity contribution >= 4 is 60.9 Å². The number of halogens is 2. The summed E-state index contributed by atoms with van der Waals surface area (Å²) in [5, 5.41) is 0.757. The molecule has 0 aliphatic heterocycles. The molecule has 0 bridgehead atoms. The van der Waals surface area contributed by atoms with Crippen molar-refractivity contribution in [2.75, 3.05) is 32.1 Å². The smallest absolute Gasteiger partial charge is 0.260 e. The van der Waals surface area contributed by atoms with E-state index in [4.69, 9.17) is 0 Å². The van der Waals surface area contributed by atoms with Gasteiger partial charge in [0.1, 0.15) is 0 Å². The highest BCUT2D eigenvalue weighted by Crippen LogP contribution is 2.29. The van der Waals surface area contributed by atoms with Crippen LogP contribution in [0.5, 0.6) is 0 Å². The third-order valence-electron chi connectivity index (χ3n) is 3.84. The van der Waals surface area contributed by atoms with Crippen molar-refractivity contribution in [3.05, 3.63) is 58.6 Å². The molecule has 1 aromatic heterocycles. The molecule has 4 nitrogen and oxygen atoms in total. The maximum atomic E-state index is 13.1. The zero-order chi connectivity index (χ0) is 17.8. The largest absolute Gasteiger partial charge is 0.309 e. The van der Waals surface area contributed by atoms with Crippen LogP contribution in [0.1, 0.15) is 16.8 Å². The van der Waals surface area contributed by atoms with Crippen LogP contribution in [0.25, 0.3) is 10.2 Å². The average Bonchev–Trinajstić information content (AvgIpc) is 3.02. The van der Waals surface area contributed by atoms with Gasteiger partial charge >= 0.3 is 0 Å². The van der Waals surface area contributed by atoms with Gasteiger partial charge in [-0.2, -0.15) is 0 Å². The van der Waals surface area contributed by atoms with Crippen molar-refractivity contribution in [3.63, 3.8) is 0 Å². The second kappa shape index (κ2) is 9.46. The van der Waals surface area contributed by atoms with E-state index in [2.05, 4.69) is 25.8 Å².